The first kappa shape index (κ1) is 13.8. The van der Waals surface area contributed by atoms with Crippen molar-refractivity contribution < 1.29 is 9.13 Å². The predicted molar refractivity (Wildman–Crippen MR) is 72.9 cm³/mol. The molecule has 1 atom stereocenters. The van der Waals surface area contributed by atoms with Gasteiger partial charge in [0.05, 0.1) is 16.9 Å². The molecule has 19 heavy (non-hydrogen) atoms. The first-order valence-corrected chi connectivity index (χ1v) is 6.32. The molecule has 2 rings (SSSR count). The highest BCUT2D eigenvalue weighted by Gasteiger charge is 2.07. The zero-order valence-corrected chi connectivity index (χ0v) is 11.2. The molecule has 1 aromatic heterocycles. The van der Waals surface area contributed by atoms with Crippen molar-refractivity contribution in [2.45, 2.75) is 19.4 Å². The van der Waals surface area contributed by atoms with Gasteiger partial charge in [0.15, 0.2) is 0 Å². The Hall–Kier alpha value is -1.65. The molecule has 0 fully saturated rings. The van der Waals surface area contributed by atoms with Gasteiger partial charge in [0.25, 0.3) is 0 Å². The second-order valence-corrected chi connectivity index (χ2v) is 4.52. The van der Waals surface area contributed by atoms with Crippen molar-refractivity contribution in [2.75, 3.05) is 0 Å². The Balaban J connectivity index is 2.15. The van der Waals surface area contributed by atoms with E-state index in [1.165, 1.54) is 18.2 Å². The van der Waals surface area contributed by atoms with E-state index in [-0.39, 0.29) is 11.1 Å². The van der Waals surface area contributed by atoms with Crippen molar-refractivity contribution in [1.29, 1.82) is 0 Å². The molecule has 5 heteroatoms. The van der Waals surface area contributed by atoms with Crippen LogP contribution in [0.5, 0.6) is 11.5 Å². The number of nitrogens with two attached hydrogens (primary N) is 1. The second-order valence-electron chi connectivity index (χ2n) is 4.11. The lowest BCUT2D eigenvalue weighted by Gasteiger charge is -2.10. The van der Waals surface area contributed by atoms with E-state index in [4.69, 9.17) is 22.1 Å². The van der Waals surface area contributed by atoms with Crippen molar-refractivity contribution in [2.24, 2.45) is 5.73 Å². The van der Waals surface area contributed by atoms with E-state index in [1.54, 1.807) is 18.3 Å². The number of hydrogen-bond acceptors (Lipinski definition) is 3. The molecule has 1 heterocycles. The fourth-order valence-electron chi connectivity index (χ4n) is 1.57. The molecule has 1 unspecified atom stereocenters. The second kappa shape index (κ2) is 5.99. The number of rotatable bonds is 4. The number of pyridine rings is 1. The molecule has 0 saturated heterocycles. The van der Waals surface area contributed by atoms with Gasteiger partial charge in [-0.15, -0.1) is 0 Å². The SMILES string of the molecule is CCC(N)c1ccc(Oc2ccc(F)cc2Cl)cn1. The molecular formula is C14H14ClFN2O. The van der Waals surface area contributed by atoms with Crippen molar-refractivity contribution >= 4 is 11.6 Å². The van der Waals surface area contributed by atoms with Gasteiger partial charge in [0.2, 0.25) is 0 Å². The van der Waals surface area contributed by atoms with E-state index in [0.29, 0.717) is 11.5 Å². The molecule has 0 aliphatic carbocycles. The zero-order chi connectivity index (χ0) is 13.8. The summed E-state index contributed by atoms with van der Waals surface area (Å²) in [6, 6.07) is 7.45. The van der Waals surface area contributed by atoms with Crippen molar-refractivity contribution in [3.05, 3.63) is 53.1 Å². The fourth-order valence-corrected chi connectivity index (χ4v) is 1.77. The van der Waals surface area contributed by atoms with Crippen molar-refractivity contribution in [3.8, 4) is 11.5 Å². The molecule has 0 saturated carbocycles. The summed E-state index contributed by atoms with van der Waals surface area (Å²) in [6.07, 6.45) is 2.39. The Morgan fingerprint density at radius 2 is 2.16 bits per heavy atom. The Morgan fingerprint density at radius 1 is 1.37 bits per heavy atom. The van der Waals surface area contributed by atoms with Gasteiger partial charge in [-0.05, 0) is 36.8 Å². The highest BCUT2D eigenvalue weighted by molar-refractivity contribution is 6.32. The molecule has 0 amide bonds. The van der Waals surface area contributed by atoms with E-state index in [2.05, 4.69) is 4.98 Å². The molecule has 100 valence electrons. The normalized spacial score (nSPS) is 12.2. The zero-order valence-electron chi connectivity index (χ0n) is 10.4. The minimum atomic E-state index is -0.403. The summed E-state index contributed by atoms with van der Waals surface area (Å²) in [7, 11) is 0. The lowest BCUT2D eigenvalue weighted by atomic mass is 10.1. The molecule has 0 aliphatic rings. The van der Waals surface area contributed by atoms with Crippen LogP contribution in [-0.2, 0) is 0 Å². The molecule has 2 N–H and O–H groups in total. The van der Waals surface area contributed by atoms with Gasteiger partial charge < -0.3 is 10.5 Å². The number of halogens is 2. The average molecular weight is 281 g/mol. The van der Waals surface area contributed by atoms with Gasteiger partial charge in [-0.2, -0.15) is 0 Å². The Morgan fingerprint density at radius 3 is 2.74 bits per heavy atom. The summed E-state index contributed by atoms with van der Waals surface area (Å²) in [4.78, 5) is 4.23. The van der Waals surface area contributed by atoms with E-state index < -0.39 is 5.82 Å². The molecule has 2 aromatic rings. The number of benzene rings is 1. The van der Waals surface area contributed by atoms with Crippen LogP contribution in [0.15, 0.2) is 36.5 Å². The summed E-state index contributed by atoms with van der Waals surface area (Å²) in [5.74, 6) is 0.512. The van der Waals surface area contributed by atoms with E-state index in [0.717, 1.165) is 12.1 Å². The van der Waals surface area contributed by atoms with Crippen LogP contribution < -0.4 is 10.5 Å². The van der Waals surface area contributed by atoms with Gasteiger partial charge in [-0.1, -0.05) is 18.5 Å². The molecule has 0 spiro atoms. The number of ether oxygens (including phenoxy) is 1. The third kappa shape index (κ3) is 3.43. The van der Waals surface area contributed by atoms with Gasteiger partial charge in [0.1, 0.15) is 17.3 Å². The van der Waals surface area contributed by atoms with Crippen LogP contribution in [0.25, 0.3) is 0 Å². The third-order valence-corrected chi connectivity index (χ3v) is 3.00. The van der Waals surface area contributed by atoms with Gasteiger partial charge in [-0.3, -0.25) is 4.98 Å². The standard InChI is InChI=1S/C14H14ClFN2O/c1-2-12(17)13-5-4-10(8-18-13)19-14-6-3-9(16)7-11(14)15/h3-8,12H,2,17H2,1H3. The minimum Gasteiger partial charge on any atom is -0.454 e. The molecular weight excluding hydrogens is 267 g/mol. The fraction of sp³-hybridized carbons (Fsp3) is 0.214. The maximum atomic E-state index is 12.9. The molecule has 0 bridgehead atoms. The van der Waals surface area contributed by atoms with Crippen molar-refractivity contribution in [3.63, 3.8) is 0 Å². The maximum absolute atomic E-state index is 12.9. The Kier molecular flexibility index (Phi) is 4.35. The first-order chi connectivity index (χ1) is 9.10. The molecule has 0 radical (unpaired) electrons. The molecule has 1 aromatic carbocycles. The van der Waals surface area contributed by atoms with Crippen LogP contribution in [0, 0.1) is 5.82 Å². The van der Waals surface area contributed by atoms with Crippen LogP contribution in [0.1, 0.15) is 25.1 Å². The van der Waals surface area contributed by atoms with Gasteiger partial charge >= 0.3 is 0 Å². The highest BCUT2D eigenvalue weighted by atomic mass is 35.5. The Bertz CT molecular complexity index is 560. The maximum Gasteiger partial charge on any atom is 0.146 e. The van der Waals surface area contributed by atoms with Crippen LogP contribution in [-0.4, -0.2) is 4.98 Å². The lowest BCUT2D eigenvalue weighted by molar-refractivity contribution is 0.477. The highest BCUT2D eigenvalue weighted by Crippen LogP contribution is 2.29. The largest absolute Gasteiger partial charge is 0.454 e. The molecule has 3 nitrogen and oxygen atoms in total. The minimum absolute atomic E-state index is 0.0801. The summed E-state index contributed by atoms with van der Waals surface area (Å²) < 4.78 is 18.4. The summed E-state index contributed by atoms with van der Waals surface area (Å²) in [6.45, 7) is 2.00. The van der Waals surface area contributed by atoms with Crippen molar-refractivity contribution in [1.82, 2.24) is 4.98 Å². The summed E-state index contributed by atoms with van der Waals surface area (Å²) in [5, 5.41) is 0.217. The number of aromatic nitrogens is 1. The average Bonchev–Trinajstić information content (AvgIpc) is 2.42. The smallest absolute Gasteiger partial charge is 0.146 e. The van der Waals surface area contributed by atoms with Crippen LogP contribution in [0.2, 0.25) is 5.02 Å². The quantitative estimate of drug-likeness (QED) is 0.918. The van der Waals surface area contributed by atoms with E-state index in [9.17, 15) is 4.39 Å². The van der Waals surface area contributed by atoms with Crippen LogP contribution >= 0.6 is 11.6 Å². The lowest BCUT2D eigenvalue weighted by Crippen LogP contribution is -2.10. The monoisotopic (exact) mass is 280 g/mol. The van der Waals surface area contributed by atoms with E-state index in [1.807, 2.05) is 6.92 Å². The van der Waals surface area contributed by atoms with Gasteiger partial charge in [-0.25, -0.2) is 4.39 Å². The molecule has 0 aliphatic heterocycles. The van der Waals surface area contributed by atoms with Crippen LogP contribution in [0.3, 0.4) is 0 Å². The van der Waals surface area contributed by atoms with Gasteiger partial charge in [0, 0.05) is 6.04 Å². The van der Waals surface area contributed by atoms with Crippen LogP contribution in [0.4, 0.5) is 4.39 Å². The topological polar surface area (TPSA) is 48.1 Å². The predicted octanol–water partition coefficient (Wildman–Crippen LogP) is 4.08. The number of nitrogens with zero attached hydrogens (tertiary/aromatic N) is 1. The Labute approximate surface area is 116 Å². The third-order valence-electron chi connectivity index (χ3n) is 2.70. The first-order valence-electron chi connectivity index (χ1n) is 5.94. The summed E-state index contributed by atoms with van der Waals surface area (Å²) in [5.41, 5.74) is 6.68. The number of hydrogen-bond donors (Lipinski definition) is 1. The summed E-state index contributed by atoms with van der Waals surface area (Å²) >= 11 is 5.88. The van der Waals surface area contributed by atoms with E-state index >= 15 is 0 Å².